The van der Waals surface area contributed by atoms with Crippen molar-refractivity contribution in [3.8, 4) is 0 Å². The van der Waals surface area contributed by atoms with E-state index < -0.39 is 11.6 Å². The van der Waals surface area contributed by atoms with Gasteiger partial charge in [-0.25, -0.2) is 13.2 Å². The lowest BCUT2D eigenvalue weighted by atomic mass is 10.1. The summed E-state index contributed by atoms with van der Waals surface area (Å²) >= 11 is 1.31. The number of halogens is 2. The predicted molar refractivity (Wildman–Crippen MR) is 65.9 cm³/mol. The first kappa shape index (κ1) is 13.2. The highest BCUT2D eigenvalue weighted by Crippen LogP contribution is 2.25. The summed E-state index contributed by atoms with van der Waals surface area (Å²) in [6.45, 7) is 7.59. The summed E-state index contributed by atoms with van der Waals surface area (Å²) in [6.07, 6.45) is 0. The van der Waals surface area contributed by atoms with Gasteiger partial charge in [0.1, 0.15) is 11.6 Å². The Labute approximate surface area is 99.1 Å². The molecule has 0 heterocycles. The minimum atomic E-state index is -0.573. The molecule has 0 aliphatic rings. The van der Waals surface area contributed by atoms with Gasteiger partial charge in [-0.1, -0.05) is 6.07 Å². The maximum Gasteiger partial charge on any atom is 0.135 e. The summed E-state index contributed by atoms with van der Waals surface area (Å²) in [6, 6.07) is 3.82. The van der Waals surface area contributed by atoms with Crippen LogP contribution in [0.2, 0.25) is 0 Å². The number of hydrogen-bond donors (Lipinski definition) is 0. The van der Waals surface area contributed by atoms with Crippen LogP contribution in [0.5, 0.6) is 0 Å². The molecule has 1 rings (SSSR count). The van der Waals surface area contributed by atoms with Crippen LogP contribution >= 0.6 is 11.9 Å². The van der Waals surface area contributed by atoms with Crippen LogP contribution in [0.1, 0.15) is 33.3 Å². The fourth-order valence-electron chi connectivity index (χ4n) is 1.09. The van der Waals surface area contributed by atoms with Gasteiger partial charge in [-0.2, -0.15) is 0 Å². The molecular weight excluding hydrogens is 228 g/mol. The number of hydrogen-bond acceptors (Lipinski definition) is 2. The van der Waals surface area contributed by atoms with Gasteiger partial charge in [0.25, 0.3) is 0 Å². The first-order valence-electron chi connectivity index (χ1n) is 4.98. The van der Waals surface area contributed by atoms with Gasteiger partial charge < -0.3 is 0 Å². The molecule has 4 heteroatoms. The van der Waals surface area contributed by atoms with Gasteiger partial charge in [0, 0.05) is 4.75 Å². The smallest absolute Gasteiger partial charge is 0.135 e. The Morgan fingerprint density at radius 3 is 2.12 bits per heavy atom. The molecule has 0 aliphatic heterocycles. The van der Waals surface area contributed by atoms with Gasteiger partial charge in [0.15, 0.2) is 0 Å². The first-order valence-corrected chi connectivity index (χ1v) is 5.76. The molecule has 0 atom stereocenters. The molecule has 0 amide bonds. The minimum absolute atomic E-state index is 0.0424. The van der Waals surface area contributed by atoms with Crippen molar-refractivity contribution in [1.82, 2.24) is 0 Å². The average molecular weight is 243 g/mol. The van der Waals surface area contributed by atoms with Crippen molar-refractivity contribution in [3.05, 3.63) is 35.4 Å². The molecule has 0 aliphatic carbocycles. The largest absolute Gasteiger partial charge is 0.220 e. The van der Waals surface area contributed by atoms with Crippen LogP contribution < -0.4 is 0 Å². The Morgan fingerprint density at radius 2 is 1.69 bits per heavy atom. The zero-order valence-electron chi connectivity index (χ0n) is 9.84. The molecule has 0 radical (unpaired) electrons. The monoisotopic (exact) mass is 243 g/mol. The molecule has 0 saturated heterocycles. The Kier molecular flexibility index (Phi) is 4.08. The van der Waals surface area contributed by atoms with E-state index in [1.807, 2.05) is 20.8 Å². The summed E-state index contributed by atoms with van der Waals surface area (Å²) < 4.78 is 30.9. The van der Waals surface area contributed by atoms with Gasteiger partial charge in [0.2, 0.25) is 0 Å². The zero-order chi connectivity index (χ0) is 12.3. The van der Waals surface area contributed by atoms with Crippen LogP contribution in [0.15, 0.2) is 22.6 Å². The summed E-state index contributed by atoms with van der Waals surface area (Å²) in [4.78, 5) is 0. The molecule has 0 fully saturated rings. The highest BCUT2D eigenvalue weighted by molar-refractivity contribution is 7.99. The number of rotatable bonds is 2. The second-order valence-electron chi connectivity index (χ2n) is 4.48. The van der Waals surface area contributed by atoms with E-state index in [9.17, 15) is 8.78 Å². The van der Waals surface area contributed by atoms with Crippen LogP contribution in [0.4, 0.5) is 8.78 Å². The Morgan fingerprint density at radius 1 is 1.19 bits per heavy atom. The SMILES string of the molecule is C/C(=N\SC(C)(C)C)c1c(F)cccc1F. The van der Waals surface area contributed by atoms with Crippen molar-refractivity contribution >= 4 is 17.7 Å². The van der Waals surface area contributed by atoms with E-state index in [-0.39, 0.29) is 10.3 Å². The first-order chi connectivity index (χ1) is 7.31. The second kappa shape index (κ2) is 4.95. The van der Waals surface area contributed by atoms with E-state index in [1.54, 1.807) is 6.92 Å². The molecule has 1 nitrogen and oxygen atoms in total. The maximum atomic E-state index is 13.4. The third-order valence-electron chi connectivity index (χ3n) is 1.78. The molecule has 0 unspecified atom stereocenters. The van der Waals surface area contributed by atoms with Gasteiger partial charge >= 0.3 is 0 Å². The molecule has 0 bridgehead atoms. The van der Waals surface area contributed by atoms with E-state index >= 15 is 0 Å². The second-order valence-corrected chi connectivity index (χ2v) is 6.07. The summed E-state index contributed by atoms with van der Waals surface area (Å²) in [5.74, 6) is -1.15. The van der Waals surface area contributed by atoms with Crippen LogP contribution in [-0.2, 0) is 0 Å². The van der Waals surface area contributed by atoms with Crippen LogP contribution in [0, 0.1) is 11.6 Å². The lowest BCUT2D eigenvalue weighted by Crippen LogP contribution is -2.08. The van der Waals surface area contributed by atoms with Gasteiger partial charge in [0.05, 0.1) is 11.3 Å². The average Bonchev–Trinajstić information content (AvgIpc) is 2.13. The minimum Gasteiger partial charge on any atom is -0.220 e. The van der Waals surface area contributed by atoms with Crippen molar-refractivity contribution < 1.29 is 8.78 Å². The van der Waals surface area contributed by atoms with Crippen molar-refractivity contribution in [2.45, 2.75) is 32.4 Å². The number of nitrogens with zero attached hydrogens (tertiary/aromatic N) is 1. The molecule has 88 valence electrons. The van der Waals surface area contributed by atoms with Crippen molar-refractivity contribution in [2.24, 2.45) is 4.40 Å². The van der Waals surface area contributed by atoms with Gasteiger partial charge in [-0.3, -0.25) is 0 Å². The Balaban J connectivity index is 3.01. The van der Waals surface area contributed by atoms with Crippen molar-refractivity contribution in [2.75, 3.05) is 0 Å². The lowest BCUT2D eigenvalue weighted by molar-refractivity contribution is 0.579. The Bertz CT molecular complexity index is 388. The van der Waals surface area contributed by atoms with E-state index in [1.165, 1.54) is 30.1 Å². The molecule has 0 saturated carbocycles. The van der Waals surface area contributed by atoms with Gasteiger partial charge in [-0.05, 0) is 51.8 Å². The zero-order valence-corrected chi connectivity index (χ0v) is 10.7. The van der Waals surface area contributed by atoms with E-state index in [2.05, 4.69) is 4.40 Å². The summed E-state index contributed by atoms with van der Waals surface area (Å²) in [5.41, 5.74) is 0.328. The standard InChI is InChI=1S/C12H15F2NS/c1-8(15-16-12(2,3)4)11-9(13)6-5-7-10(11)14/h5-7H,1-4H3/b15-8+. The quantitative estimate of drug-likeness (QED) is 0.559. The predicted octanol–water partition coefficient (Wildman–Crippen LogP) is 4.22. The fourth-order valence-corrected chi connectivity index (χ4v) is 1.60. The third kappa shape index (κ3) is 3.59. The fraction of sp³-hybridized carbons (Fsp3) is 0.417. The lowest BCUT2D eigenvalue weighted by Gasteiger charge is -2.14. The van der Waals surface area contributed by atoms with Gasteiger partial charge in [-0.15, -0.1) is 0 Å². The molecule has 0 N–H and O–H groups in total. The molecule has 16 heavy (non-hydrogen) atoms. The molecule has 1 aromatic rings. The van der Waals surface area contributed by atoms with Crippen LogP contribution in [-0.4, -0.2) is 10.5 Å². The van der Waals surface area contributed by atoms with E-state index in [0.29, 0.717) is 5.71 Å². The molecule has 1 aromatic carbocycles. The highest BCUT2D eigenvalue weighted by atomic mass is 32.2. The van der Waals surface area contributed by atoms with Crippen LogP contribution in [0.3, 0.4) is 0 Å². The Hall–Kier alpha value is -0.900. The summed E-state index contributed by atoms with van der Waals surface area (Å²) in [7, 11) is 0. The molecule has 0 aromatic heterocycles. The van der Waals surface area contributed by atoms with E-state index in [4.69, 9.17) is 0 Å². The summed E-state index contributed by atoms with van der Waals surface area (Å²) in [5, 5.41) is 0. The van der Waals surface area contributed by atoms with Crippen molar-refractivity contribution in [1.29, 1.82) is 0 Å². The van der Waals surface area contributed by atoms with Crippen LogP contribution in [0.25, 0.3) is 0 Å². The van der Waals surface area contributed by atoms with Crippen molar-refractivity contribution in [3.63, 3.8) is 0 Å². The third-order valence-corrected chi connectivity index (χ3v) is 2.69. The maximum absolute atomic E-state index is 13.4. The molecular formula is C12H15F2NS. The highest BCUT2D eigenvalue weighted by Gasteiger charge is 2.14. The number of benzene rings is 1. The van der Waals surface area contributed by atoms with E-state index in [0.717, 1.165) is 0 Å². The normalized spacial score (nSPS) is 13.0. The topological polar surface area (TPSA) is 12.4 Å². The molecule has 0 spiro atoms.